The van der Waals surface area contributed by atoms with Gasteiger partial charge in [-0.25, -0.2) is 14.2 Å². The van der Waals surface area contributed by atoms with Crippen LogP contribution in [0.2, 0.25) is 0 Å². The second-order valence-electron chi connectivity index (χ2n) is 9.56. The van der Waals surface area contributed by atoms with Crippen LogP contribution in [-0.2, 0) is 0 Å². The average molecular weight is 530 g/mol. The topological polar surface area (TPSA) is 120 Å². The van der Waals surface area contributed by atoms with Crippen molar-refractivity contribution in [3.63, 3.8) is 0 Å². The lowest BCUT2D eigenvalue weighted by molar-refractivity contribution is 0.0690. The molecule has 0 saturated heterocycles. The van der Waals surface area contributed by atoms with E-state index in [4.69, 9.17) is 10.4 Å². The lowest BCUT2D eigenvalue weighted by Gasteiger charge is -2.23. The smallest absolute Gasteiger partial charge is 0.336 e. The van der Waals surface area contributed by atoms with E-state index in [0.29, 0.717) is 25.2 Å². The van der Waals surface area contributed by atoms with E-state index in [0.717, 1.165) is 22.2 Å². The maximum atomic E-state index is 13.7. The van der Waals surface area contributed by atoms with E-state index in [1.165, 1.54) is 6.07 Å². The minimum atomic E-state index is -1.19. The van der Waals surface area contributed by atoms with Crippen LogP contribution in [0.1, 0.15) is 65.3 Å². The van der Waals surface area contributed by atoms with Crippen molar-refractivity contribution in [3.05, 3.63) is 89.7 Å². The molecular formula is C30H32FN5O3. The molecule has 1 heterocycles. The zero-order chi connectivity index (χ0) is 27.9. The van der Waals surface area contributed by atoms with Gasteiger partial charge in [0.15, 0.2) is 0 Å². The van der Waals surface area contributed by atoms with Crippen molar-refractivity contribution in [2.45, 2.75) is 38.8 Å². The number of nitrogens with zero attached hydrogens (tertiary/aromatic N) is 2. The second-order valence-corrected chi connectivity index (χ2v) is 9.56. The second kappa shape index (κ2) is 12.3. The molecule has 0 fully saturated rings. The van der Waals surface area contributed by atoms with Crippen molar-refractivity contribution in [2.75, 3.05) is 13.2 Å². The van der Waals surface area contributed by atoms with Gasteiger partial charge in [-0.1, -0.05) is 48.5 Å². The van der Waals surface area contributed by atoms with Crippen molar-refractivity contribution < 1.29 is 19.1 Å². The maximum Gasteiger partial charge on any atom is 0.336 e. The monoisotopic (exact) mass is 529 g/mol. The van der Waals surface area contributed by atoms with Crippen LogP contribution in [0.25, 0.3) is 22.2 Å². The van der Waals surface area contributed by atoms with Crippen molar-refractivity contribution in [3.8, 4) is 11.1 Å². The number of carbonyl (C=O) groups is 2. The SMILES string of the molecule is CC(C)n1c([C@H](CCCNC(=N)CF)NC(=O)c2cc(-c3ccccc3)ccc2C(=O)O)nc2ccccc21. The molecule has 39 heavy (non-hydrogen) atoms. The summed E-state index contributed by atoms with van der Waals surface area (Å²) in [5, 5.41) is 23.1. The first-order valence-corrected chi connectivity index (χ1v) is 12.9. The van der Waals surface area contributed by atoms with Crippen LogP contribution in [0.3, 0.4) is 0 Å². The highest BCUT2D eigenvalue weighted by atomic mass is 19.1. The van der Waals surface area contributed by atoms with Gasteiger partial charge in [-0.3, -0.25) is 10.2 Å². The van der Waals surface area contributed by atoms with E-state index in [1.54, 1.807) is 12.1 Å². The molecular weight excluding hydrogens is 497 g/mol. The highest BCUT2D eigenvalue weighted by Crippen LogP contribution is 2.29. The van der Waals surface area contributed by atoms with Gasteiger partial charge in [0.2, 0.25) is 0 Å². The number of halogens is 1. The maximum absolute atomic E-state index is 13.7. The van der Waals surface area contributed by atoms with Gasteiger partial charge in [0.05, 0.1) is 28.2 Å². The fraction of sp³-hybridized carbons (Fsp3) is 0.267. The number of aromatic carboxylic acids is 1. The van der Waals surface area contributed by atoms with Crippen molar-refractivity contribution in [1.29, 1.82) is 5.41 Å². The van der Waals surface area contributed by atoms with E-state index in [1.807, 2.05) is 68.4 Å². The van der Waals surface area contributed by atoms with Gasteiger partial charge in [-0.2, -0.15) is 0 Å². The van der Waals surface area contributed by atoms with Crippen LogP contribution in [0.15, 0.2) is 72.8 Å². The minimum absolute atomic E-state index is 0.0423. The predicted molar refractivity (Wildman–Crippen MR) is 150 cm³/mol. The molecule has 0 radical (unpaired) electrons. The molecule has 0 spiro atoms. The normalized spacial score (nSPS) is 11.9. The Bertz CT molecular complexity index is 1480. The first kappa shape index (κ1) is 27.5. The predicted octanol–water partition coefficient (Wildman–Crippen LogP) is 5.77. The quantitative estimate of drug-likeness (QED) is 0.112. The van der Waals surface area contributed by atoms with Crippen LogP contribution in [0.5, 0.6) is 0 Å². The zero-order valence-electron chi connectivity index (χ0n) is 21.9. The number of carboxylic acids is 1. The number of benzene rings is 3. The Morgan fingerprint density at radius 3 is 2.41 bits per heavy atom. The third-order valence-electron chi connectivity index (χ3n) is 6.50. The molecule has 0 bridgehead atoms. The van der Waals surface area contributed by atoms with Crippen molar-refractivity contribution in [1.82, 2.24) is 20.2 Å². The molecule has 1 aromatic heterocycles. The Balaban J connectivity index is 1.71. The van der Waals surface area contributed by atoms with Gasteiger partial charge in [-0.15, -0.1) is 0 Å². The number of alkyl halides is 1. The Morgan fingerprint density at radius 1 is 1.00 bits per heavy atom. The first-order chi connectivity index (χ1) is 18.8. The lowest BCUT2D eigenvalue weighted by Crippen LogP contribution is -2.33. The van der Waals surface area contributed by atoms with Crippen LogP contribution in [-0.4, -0.2) is 45.6 Å². The number of para-hydroxylation sites is 2. The number of hydrogen-bond acceptors (Lipinski definition) is 4. The number of imidazole rings is 1. The summed E-state index contributed by atoms with van der Waals surface area (Å²) in [6.45, 7) is 3.54. The van der Waals surface area contributed by atoms with Crippen molar-refractivity contribution in [2.24, 2.45) is 0 Å². The molecule has 0 saturated carbocycles. The molecule has 4 aromatic rings. The van der Waals surface area contributed by atoms with Crippen LogP contribution in [0.4, 0.5) is 4.39 Å². The number of carbonyl (C=O) groups excluding carboxylic acids is 1. The summed E-state index contributed by atoms with van der Waals surface area (Å²) in [7, 11) is 0. The summed E-state index contributed by atoms with van der Waals surface area (Å²) in [6.07, 6.45) is 0.958. The van der Waals surface area contributed by atoms with Crippen molar-refractivity contribution >= 4 is 28.7 Å². The van der Waals surface area contributed by atoms with Crippen LogP contribution in [0, 0.1) is 5.41 Å². The fourth-order valence-corrected chi connectivity index (χ4v) is 4.67. The standard InChI is InChI=1S/C30H32FN5O3/c1-19(2)36-26-13-7-6-11-24(26)34-28(36)25(12-8-16-33-27(32)18-31)35-29(37)23-17-21(14-15-22(23)30(38)39)20-9-4-3-5-10-20/h3-7,9-11,13-15,17,19,25H,8,12,16,18H2,1-2H3,(H2,32,33)(H,35,37)(H,38,39)/t25-/m0/s1. The van der Waals surface area contributed by atoms with E-state index in [9.17, 15) is 19.1 Å². The molecule has 0 aliphatic rings. The van der Waals surface area contributed by atoms with E-state index >= 15 is 0 Å². The van der Waals surface area contributed by atoms with Gasteiger partial charge < -0.3 is 20.3 Å². The largest absolute Gasteiger partial charge is 0.478 e. The molecule has 4 rings (SSSR count). The molecule has 1 amide bonds. The summed E-state index contributed by atoms with van der Waals surface area (Å²) in [4.78, 5) is 30.6. The van der Waals surface area contributed by atoms with Gasteiger partial charge in [0.1, 0.15) is 18.3 Å². The number of carboxylic acid groups (broad SMARTS) is 1. The van der Waals surface area contributed by atoms with Crippen LogP contribution >= 0.6 is 0 Å². The Hall–Kier alpha value is -4.53. The Kier molecular flexibility index (Phi) is 8.70. The number of hydrogen-bond donors (Lipinski definition) is 4. The van der Waals surface area contributed by atoms with Gasteiger partial charge in [0.25, 0.3) is 5.91 Å². The summed E-state index contributed by atoms with van der Waals surface area (Å²) < 4.78 is 14.8. The molecule has 4 N–H and O–H groups in total. The summed E-state index contributed by atoms with van der Waals surface area (Å²) in [5.41, 5.74) is 3.26. The molecule has 0 aliphatic carbocycles. The number of fused-ring (bicyclic) bond motifs is 1. The molecule has 3 aromatic carbocycles. The molecule has 0 aliphatic heterocycles. The summed E-state index contributed by atoms with van der Waals surface area (Å²) in [5.74, 6) is -1.27. The number of amidine groups is 1. The lowest BCUT2D eigenvalue weighted by atomic mass is 9.98. The number of amides is 1. The third-order valence-corrected chi connectivity index (χ3v) is 6.50. The molecule has 202 valence electrons. The van der Waals surface area contributed by atoms with Gasteiger partial charge in [-0.05, 0) is 62.1 Å². The zero-order valence-corrected chi connectivity index (χ0v) is 21.9. The number of nitrogens with one attached hydrogen (secondary N) is 3. The summed E-state index contributed by atoms with van der Waals surface area (Å²) in [6, 6.07) is 21.4. The molecule has 1 atom stereocenters. The van der Waals surface area contributed by atoms with Gasteiger partial charge in [0, 0.05) is 12.6 Å². The number of rotatable bonds is 11. The van der Waals surface area contributed by atoms with E-state index in [-0.39, 0.29) is 23.0 Å². The molecule has 8 nitrogen and oxygen atoms in total. The number of aromatic nitrogens is 2. The first-order valence-electron chi connectivity index (χ1n) is 12.9. The Morgan fingerprint density at radius 2 is 1.72 bits per heavy atom. The third kappa shape index (κ3) is 6.31. The molecule has 0 unspecified atom stereocenters. The highest BCUT2D eigenvalue weighted by Gasteiger charge is 2.26. The van der Waals surface area contributed by atoms with E-state index in [2.05, 4.69) is 15.2 Å². The summed E-state index contributed by atoms with van der Waals surface area (Å²) >= 11 is 0. The molecule has 9 heteroatoms. The highest BCUT2D eigenvalue weighted by molar-refractivity contribution is 6.06. The van der Waals surface area contributed by atoms with Gasteiger partial charge >= 0.3 is 5.97 Å². The van der Waals surface area contributed by atoms with E-state index < -0.39 is 24.6 Å². The fourth-order valence-electron chi connectivity index (χ4n) is 4.67. The minimum Gasteiger partial charge on any atom is -0.478 e. The van der Waals surface area contributed by atoms with Crippen LogP contribution < -0.4 is 10.6 Å². The average Bonchev–Trinajstić information content (AvgIpc) is 3.34. The Labute approximate surface area is 226 Å².